The van der Waals surface area contributed by atoms with E-state index < -0.39 is 0 Å². The molecule has 1 rings (SSSR count). The van der Waals surface area contributed by atoms with E-state index in [2.05, 4.69) is 24.3 Å². The second-order valence-corrected chi connectivity index (χ2v) is 4.34. The molecule has 0 radical (unpaired) electrons. The van der Waals surface area contributed by atoms with E-state index in [1.54, 1.807) is 17.9 Å². The summed E-state index contributed by atoms with van der Waals surface area (Å²) in [6.07, 6.45) is 2.53. The van der Waals surface area contributed by atoms with Crippen LogP contribution in [0.3, 0.4) is 0 Å². The standard InChI is InChI=1S/C11H20N4O/c1-5-9(7(2)3)13-11(16)10-8(12)6-15(4)14-10/h6-7,9H,5,12H2,1-4H3,(H,13,16). The number of nitrogen functional groups attached to an aromatic ring is 1. The van der Waals surface area contributed by atoms with Gasteiger partial charge in [0.15, 0.2) is 5.69 Å². The number of anilines is 1. The van der Waals surface area contributed by atoms with Crippen molar-refractivity contribution in [3.05, 3.63) is 11.9 Å². The summed E-state index contributed by atoms with van der Waals surface area (Å²) in [5, 5.41) is 6.98. The van der Waals surface area contributed by atoms with Crippen LogP contribution in [0.2, 0.25) is 0 Å². The number of hydrogen-bond donors (Lipinski definition) is 2. The molecule has 5 heteroatoms. The molecule has 0 spiro atoms. The second kappa shape index (κ2) is 5.01. The number of rotatable bonds is 4. The molecule has 1 amide bonds. The predicted octanol–water partition coefficient (Wildman–Crippen LogP) is 1.17. The van der Waals surface area contributed by atoms with Crippen LogP contribution in [0.15, 0.2) is 6.20 Å². The molecule has 0 aromatic carbocycles. The van der Waals surface area contributed by atoms with E-state index in [-0.39, 0.29) is 11.9 Å². The van der Waals surface area contributed by atoms with Crippen LogP contribution in [0.25, 0.3) is 0 Å². The van der Waals surface area contributed by atoms with Gasteiger partial charge in [-0.05, 0) is 12.3 Å². The van der Waals surface area contributed by atoms with Crippen molar-refractivity contribution in [1.82, 2.24) is 15.1 Å². The number of amides is 1. The van der Waals surface area contributed by atoms with Crippen molar-refractivity contribution in [3.63, 3.8) is 0 Å². The van der Waals surface area contributed by atoms with Gasteiger partial charge >= 0.3 is 0 Å². The third kappa shape index (κ3) is 2.74. The van der Waals surface area contributed by atoms with E-state index in [9.17, 15) is 4.79 Å². The molecule has 1 atom stereocenters. The number of nitrogens with one attached hydrogen (secondary N) is 1. The Morgan fingerprint density at radius 3 is 2.62 bits per heavy atom. The second-order valence-electron chi connectivity index (χ2n) is 4.34. The molecule has 0 bridgehead atoms. The summed E-state index contributed by atoms with van der Waals surface area (Å²) in [7, 11) is 1.74. The Kier molecular flexibility index (Phi) is 3.93. The van der Waals surface area contributed by atoms with Crippen LogP contribution in [-0.4, -0.2) is 21.7 Å². The lowest BCUT2D eigenvalue weighted by Gasteiger charge is -2.20. The summed E-state index contributed by atoms with van der Waals surface area (Å²) >= 11 is 0. The first kappa shape index (κ1) is 12.5. The molecular formula is C11H20N4O. The zero-order valence-corrected chi connectivity index (χ0v) is 10.3. The third-order valence-corrected chi connectivity index (χ3v) is 2.63. The van der Waals surface area contributed by atoms with Crippen LogP contribution in [0, 0.1) is 5.92 Å². The fourth-order valence-corrected chi connectivity index (χ4v) is 1.66. The molecule has 0 aliphatic heterocycles. The molecule has 0 saturated carbocycles. The van der Waals surface area contributed by atoms with E-state index >= 15 is 0 Å². The average Bonchev–Trinajstić information content (AvgIpc) is 2.53. The lowest BCUT2D eigenvalue weighted by atomic mass is 10.0. The first-order valence-electron chi connectivity index (χ1n) is 5.55. The Hall–Kier alpha value is -1.52. The largest absolute Gasteiger partial charge is 0.396 e. The molecule has 1 heterocycles. The van der Waals surface area contributed by atoms with Gasteiger partial charge in [-0.3, -0.25) is 9.48 Å². The van der Waals surface area contributed by atoms with Crippen molar-refractivity contribution in [1.29, 1.82) is 0 Å². The highest BCUT2D eigenvalue weighted by molar-refractivity contribution is 5.97. The van der Waals surface area contributed by atoms with E-state index in [0.717, 1.165) is 6.42 Å². The summed E-state index contributed by atoms with van der Waals surface area (Å²) in [4.78, 5) is 11.9. The zero-order valence-electron chi connectivity index (χ0n) is 10.3. The molecule has 90 valence electrons. The minimum absolute atomic E-state index is 0.161. The normalized spacial score (nSPS) is 12.8. The summed E-state index contributed by atoms with van der Waals surface area (Å²) in [5.74, 6) is 0.206. The smallest absolute Gasteiger partial charge is 0.274 e. The maximum atomic E-state index is 11.9. The quantitative estimate of drug-likeness (QED) is 0.806. The summed E-state index contributed by atoms with van der Waals surface area (Å²) in [6, 6.07) is 0.161. The maximum Gasteiger partial charge on any atom is 0.274 e. The Balaban J connectivity index is 2.75. The van der Waals surface area contributed by atoms with Gasteiger partial charge in [-0.25, -0.2) is 0 Å². The molecular weight excluding hydrogens is 204 g/mol. The topological polar surface area (TPSA) is 72.9 Å². The predicted molar refractivity (Wildman–Crippen MR) is 64.0 cm³/mol. The number of aromatic nitrogens is 2. The summed E-state index contributed by atoms with van der Waals surface area (Å²) in [6.45, 7) is 6.21. The molecule has 0 saturated heterocycles. The highest BCUT2D eigenvalue weighted by atomic mass is 16.2. The van der Waals surface area contributed by atoms with Crippen molar-refractivity contribution in [3.8, 4) is 0 Å². The number of hydrogen-bond acceptors (Lipinski definition) is 3. The van der Waals surface area contributed by atoms with Gasteiger partial charge in [-0.1, -0.05) is 20.8 Å². The van der Waals surface area contributed by atoms with E-state index in [1.807, 2.05) is 6.92 Å². The molecule has 1 aromatic heterocycles. The molecule has 3 N–H and O–H groups in total. The van der Waals surface area contributed by atoms with Crippen molar-refractivity contribution >= 4 is 11.6 Å². The Bertz CT molecular complexity index is 370. The molecule has 0 aliphatic carbocycles. The molecule has 16 heavy (non-hydrogen) atoms. The van der Waals surface area contributed by atoms with Gasteiger partial charge in [0.1, 0.15) is 0 Å². The van der Waals surface area contributed by atoms with Crippen LogP contribution in [0.4, 0.5) is 5.69 Å². The minimum atomic E-state index is -0.196. The third-order valence-electron chi connectivity index (χ3n) is 2.63. The highest BCUT2D eigenvalue weighted by Crippen LogP contribution is 2.11. The van der Waals surface area contributed by atoms with Gasteiger partial charge < -0.3 is 11.1 Å². The first-order chi connectivity index (χ1) is 7.45. The first-order valence-corrected chi connectivity index (χ1v) is 5.55. The van der Waals surface area contributed by atoms with E-state index in [0.29, 0.717) is 17.3 Å². The van der Waals surface area contributed by atoms with Crippen LogP contribution >= 0.6 is 0 Å². The highest BCUT2D eigenvalue weighted by Gasteiger charge is 2.19. The summed E-state index contributed by atoms with van der Waals surface area (Å²) in [5.41, 5.74) is 6.41. The fraction of sp³-hybridized carbons (Fsp3) is 0.636. The zero-order chi connectivity index (χ0) is 12.3. The minimum Gasteiger partial charge on any atom is -0.396 e. The van der Waals surface area contributed by atoms with Crippen molar-refractivity contribution in [2.45, 2.75) is 33.2 Å². The van der Waals surface area contributed by atoms with Gasteiger partial charge in [0.2, 0.25) is 0 Å². The number of carbonyl (C=O) groups excluding carboxylic acids is 1. The van der Waals surface area contributed by atoms with Crippen molar-refractivity contribution in [2.24, 2.45) is 13.0 Å². The molecule has 0 aliphatic rings. The molecule has 0 fully saturated rings. The number of nitrogens with zero attached hydrogens (tertiary/aromatic N) is 2. The molecule has 5 nitrogen and oxygen atoms in total. The summed E-state index contributed by atoms with van der Waals surface area (Å²) < 4.78 is 1.54. The molecule has 1 aromatic rings. The Morgan fingerprint density at radius 2 is 2.25 bits per heavy atom. The van der Waals surface area contributed by atoms with Crippen LogP contribution in [0.5, 0.6) is 0 Å². The SMILES string of the molecule is CCC(NC(=O)c1nn(C)cc1N)C(C)C. The Labute approximate surface area is 96.0 Å². The van der Waals surface area contributed by atoms with Gasteiger partial charge in [-0.15, -0.1) is 0 Å². The van der Waals surface area contributed by atoms with Gasteiger partial charge in [-0.2, -0.15) is 5.10 Å². The number of carbonyl (C=O) groups is 1. The average molecular weight is 224 g/mol. The van der Waals surface area contributed by atoms with Gasteiger partial charge in [0.25, 0.3) is 5.91 Å². The van der Waals surface area contributed by atoms with Gasteiger partial charge in [0.05, 0.1) is 5.69 Å². The Morgan fingerprint density at radius 1 is 1.62 bits per heavy atom. The monoisotopic (exact) mass is 224 g/mol. The van der Waals surface area contributed by atoms with E-state index in [1.165, 1.54) is 0 Å². The van der Waals surface area contributed by atoms with Crippen molar-refractivity contribution in [2.75, 3.05) is 5.73 Å². The number of nitrogens with two attached hydrogens (primary N) is 1. The van der Waals surface area contributed by atoms with Crippen LogP contribution in [-0.2, 0) is 7.05 Å². The lowest BCUT2D eigenvalue weighted by molar-refractivity contribution is 0.0919. The number of aryl methyl sites for hydroxylation is 1. The van der Waals surface area contributed by atoms with Crippen LogP contribution in [0.1, 0.15) is 37.7 Å². The van der Waals surface area contributed by atoms with Crippen LogP contribution < -0.4 is 11.1 Å². The molecule has 1 unspecified atom stereocenters. The lowest BCUT2D eigenvalue weighted by Crippen LogP contribution is -2.38. The van der Waals surface area contributed by atoms with Gasteiger partial charge in [0, 0.05) is 19.3 Å². The fourth-order valence-electron chi connectivity index (χ4n) is 1.66. The van der Waals surface area contributed by atoms with Crippen molar-refractivity contribution < 1.29 is 4.79 Å². The maximum absolute atomic E-state index is 11.9. The van der Waals surface area contributed by atoms with E-state index in [4.69, 9.17) is 5.73 Å².